The number of rotatable bonds is 12. The number of ether oxygens (including phenoxy) is 1. The van der Waals surface area contributed by atoms with Crippen LogP contribution in [0.25, 0.3) is 0 Å². The zero-order valence-corrected chi connectivity index (χ0v) is 19.0. The van der Waals surface area contributed by atoms with Crippen LogP contribution in [0.15, 0.2) is 35.3 Å². The van der Waals surface area contributed by atoms with Crippen LogP contribution in [-0.2, 0) is 4.74 Å². The van der Waals surface area contributed by atoms with Crippen molar-refractivity contribution in [3.05, 3.63) is 30.3 Å². The highest BCUT2D eigenvalue weighted by Gasteiger charge is 2.02. The number of aliphatic imine (C=N–C) groups is 1. The van der Waals surface area contributed by atoms with Crippen LogP contribution in [0.5, 0.6) is 0 Å². The van der Waals surface area contributed by atoms with Gasteiger partial charge in [0.15, 0.2) is 5.96 Å². The van der Waals surface area contributed by atoms with Crippen molar-refractivity contribution in [3.63, 3.8) is 0 Å². The first-order chi connectivity index (χ1) is 12.2. The number of likely N-dealkylation sites (N-methyl/N-ethyl adjacent to an activating group) is 1. The number of nitrogens with zero attached hydrogens (tertiary/aromatic N) is 3. The predicted molar refractivity (Wildman–Crippen MR) is 123 cm³/mol. The molecule has 0 aliphatic carbocycles. The van der Waals surface area contributed by atoms with Gasteiger partial charge in [0.05, 0.1) is 0 Å². The van der Waals surface area contributed by atoms with Gasteiger partial charge >= 0.3 is 0 Å². The second-order valence-electron chi connectivity index (χ2n) is 6.19. The number of methoxy groups -OCH3 is 1. The van der Waals surface area contributed by atoms with E-state index in [1.807, 2.05) is 13.1 Å². The minimum Gasteiger partial charge on any atom is -0.385 e. The molecule has 6 nitrogen and oxygen atoms in total. The average molecular weight is 477 g/mol. The molecule has 0 aliphatic rings. The van der Waals surface area contributed by atoms with Crippen molar-refractivity contribution in [2.24, 2.45) is 4.99 Å². The van der Waals surface area contributed by atoms with Crippen LogP contribution in [-0.4, -0.2) is 78.4 Å². The maximum Gasteiger partial charge on any atom is 0.191 e. The van der Waals surface area contributed by atoms with Gasteiger partial charge in [0.1, 0.15) is 0 Å². The summed E-state index contributed by atoms with van der Waals surface area (Å²) < 4.78 is 5.08. The molecule has 150 valence electrons. The molecule has 1 aromatic rings. The number of para-hydroxylation sites is 1. The summed E-state index contributed by atoms with van der Waals surface area (Å²) in [6.45, 7) is 5.65. The molecule has 0 atom stereocenters. The maximum absolute atomic E-state index is 5.08. The molecule has 0 unspecified atom stereocenters. The van der Waals surface area contributed by atoms with Gasteiger partial charge in [-0.05, 0) is 32.0 Å². The smallest absolute Gasteiger partial charge is 0.191 e. The molecule has 1 aromatic carbocycles. The fourth-order valence-corrected chi connectivity index (χ4v) is 2.51. The van der Waals surface area contributed by atoms with Crippen LogP contribution in [0.3, 0.4) is 0 Å². The summed E-state index contributed by atoms with van der Waals surface area (Å²) in [4.78, 5) is 8.85. The average Bonchev–Trinajstić information content (AvgIpc) is 2.64. The van der Waals surface area contributed by atoms with Gasteiger partial charge in [0.2, 0.25) is 0 Å². The second kappa shape index (κ2) is 16.1. The molecule has 0 saturated heterocycles. The highest BCUT2D eigenvalue weighted by atomic mass is 127. The van der Waals surface area contributed by atoms with E-state index in [-0.39, 0.29) is 24.0 Å². The summed E-state index contributed by atoms with van der Waals surface area (Å²) >= 11 is 0. The standard InChI is InChI=1S/C19H35N5O.HI/c1-20-19(22-13-16-23(2)14-9-17-25-4)21-12-8-15-24(3)18-10-6-5-7-11-18;/h5-7,10-11H,8-9,12-17H2,1-4H3,(H2,20,21,22);1H. The lowest BCUT2D eigenvalue weighted by molar-refractivity contribution is 0.180. The van der Waals surface area contributed by atoms with Crippen LogP contribution < -0.4 is 15.5 Å². The Morgan fingerprint density at radius 1 is 1.00 bits per heavy atom. The highest BCUT2D eigenvalue weighted by molar-refractivity contribution is 14.0. The Morgan fingerprint density at radius 2 is 1.69 bits per heavy atom. The van der Waals surface area contributed by atoms with E-state index in [0.29, 0.717) is 0 Å². The monoisotopic (exact) mass is 477 g/mol. The molecule has 0 aliphatic heterocycles. The van der Waals surface area contributed by atoms with Gasteiger partial charge in [-0.3, -0.25) is 4.99 Å². The third-order valence-corrected chi connectivity index (χ3v) is 4.06. The molecule has 0 fully saturated rings. The Morgan fingerprint density at radius 3 is 2.35 bits per heavy atom. The second-order valence-corrected chi connectivity index (χ2v) is 6.19. The van der Waals surface area contributed by atoms with Crippen molar-refractivity contribution in [2.75, 3.05) is 72.5 Å². The molecule has 1 rings (SSSR count). The van der Waals surface area contributed by atoms with Crippen LogP contribution in [0, 0.1) is 0 Å². The van der Waals surface area contributed by atoms with E-state index in [9.17, 15) is 0 Å². The Labute approximate surface area is 176 Å². The van der Waals surface area contributed by atoms with Crippen LogP contribution in [0.1, 0.15) is 12.8 Å². The minimum atomic E-state index is 0. The molecule has 2 N–H and O–H groups in total. The summed E-state index contributed by atoms with van der Waals surface area (Å²) in [5.74, 6) is 0.868. The SMILES string of the molecule is CN=C(NCCCN(C)c1ccccc1)NCCN(C)CCCOC.I. The lowest BCUT2D eigenvalue weighted by Gasteiger charge is -2.20. The molecule has 7 heteroatoms. The van der Waals surface area contributed by atoms with Gasteiger partial charge in [-0.1, -0.05) is 18.2 Å². The largest absolute Gasteiger partial charge is 0.385 e. The quantitative estimate of drug-likeness (QED) is 0.209. The number of benzene rings is 1. The van der Waals surface area contributed by atoms with E-state index in [1.54, 1.807) is 7.11 Å². The van der Waals surface area contributed by atoms with Crippen LogP contribution in [0.2, 0.25) is 0 Å². The molecular weight excluding hydrogens is 441 g/mol. The lowest BCUT2D eigenvalue weighted by Crippen LogP contribution is -2.41. The van der Waals surface area contributed by atoms with Crippen molar-refractivity contribution in [3.8, 4) is 0 Å². The fraction of sp³-hybridized carbons (Fsp3) is 0.632. The van der Waals surface area contributed by atoms with Gasteiger partial charge in [-0.25, -0.2) is 0 Å². The lowest BCUT2D eigenvalue weighted by atomic mass is 10.3. The molecule has 0 aromatic heterocycles. The summed E-state index contributed by atoms with van der Waals surface area (Å²) in [6, 6.07) is 10.5. The van der Waals surface area contributed by atoms with E-state index >= 15 is 0 Å². The van der Waals surface area contributed by atoms with E-state index < -0.39 is 0 Å². The van der Waals surface area contributed by atoms with Gasteiger partial charge in [0.25, 0.3) is 0 Å². The molecule has 0 spiro atoms. The zero-order chi connectivity index (χ0) is 18.3. The van der Waals surface area contributed by atoms with Crippen molar-refractivity contribution < 1.29 is 4.74 Å². The fourth-order valence-electron chi connectivity index (χ4n) is 2.51. The zero-order valence-electron chi connectivity index (χ0n) is 16.7. The molecule has 0 heterocycles. The number of hydrogen-bond donors (Lipinski definition) is 2. The first-order valence-electron chi connectivity index (χ1n) is 9.05. The molecule has 0 amide bonds. The number of hydrogen-bond acceptors (Lipinski definition) is 4. The Bertz CT molecular complexity index is 472. The van der Waals surface area contributed by atoms with E-state index in [1.165, 1.54) is 5.69 Å². The number of anilines is 1. The van der Waals surface area contributed by atoms with Gasteiger partial charge < -0.3 is 25.2 Å². The Kier molecular flexibility index (Phi) is 15.5. The molecule has 26 heavy (non-hydrogen) atoms. The minimum absolute atomic E-state index is 0. The van der Waals surface area contributed by atoms with E-state index in [2.05, 4.69) is 63.8 Å². The number of nitrogens with one attached hydrogen (secondary N) is 2. The first-order valence-corrected chi connectivity index (χ1v) is 9.05. The highest BCUT2D eigenvalue weighted by Crippen LogP contribution is 2.10. The first kappa shape index (κ1) is 24.9. The van der Waals surface area contributed by atoms with Gasteiger partial charge in [0, 0.05) is 66.2 Å². The summed E-state index contributed by atoms with van der Waals surface area (Å²) in [5.41, 5.74) is 1.25. The molecule has 0 radical (unpaired) electrons. The number of guanidine groups is 1. The molecular formula is C19H36IN5O. The van der Waals surface area contributed by atoms with E-state index in [4.69, 9.17) is 4.74 Å². The van der Waals surface area contributed by atoms with Gasteiger partial charge in [-0.2, -0.15) is 0 Å². The van der Waals surface area contributed by atoms with Crippen LogP contribution in [0.4, 0.5) is 5.69 Å². The van der Waals surface area contributed by atoms with Crippen molar-refractivity contribution in [1.82, 2.24) is 15.5 Å². The van der Waals surface area contributed by atoms with Crippen molar-refractivity contribution in [1.29, 1.82) is 0 Å². The number of halogens is 1. The Hall–Kier alpha value is -1.06. The van der Waals surface area contributed by atoms with Crippen molar-refractivity contribution in [2.45, 2.75) is 12.8 Å². The van der Waals surface area contributed by atoms with Crippen molar-refractivity contribution >= 4 is 35.6 Å². The molecule has 0 saturated carbocycles. The third-order valence-electron chi connectivity index (χ3n) is 4.06. The third kappa shape index (κ3) is 11.5. The maximum atomic E-state index is 5.08. The normalized spacial score (nSPS) is 11.2. The van der Waals surface area contributed by atoms with Crippen LogP contribution >= 0.6 is 24.0 Å². The topological polar surface area (TPSA) is 52.1 Å². The molecule has 0 bridgehead atoms. The summed E-state index contributed by atoms with van der Waals surface area (Å²) in [7, 11) is 7.82. The van der Waals surface area contributed by atoms with Gasteiger partial charge in [-0.15, -0.1) is 24.0 Å². The predicted octanol–water partition coefficient (Wildman–Crippen LogP) is 2.26. The Balaban J connectivity index is 0.00000625. The summed E-state index contributed by atoms with van der Waals surface area (Å²) in [6.07, 6.45) is 2.12. The van der Waals surface area contributed by atoms with E-state index in [0.717, 1.165) is 58.1 Å². The summed E-state index contributed by atoms with van der Waals surface area (Å²) in [5, 5.41) is 6.74.